The van der Waals surface area contributed by atoms with Gasteiger partial charge in [0.05, 0.1) is 4.92 Å². The Hall–Kier alpha value is -2.37. The number of aromatic nitrogens is 1. The van der Waals surface area contributed by atoms with Gasteiger partial charge in [-0.3, -0.25) is 14.9 Å². The fourth-order valence-electron chi connectivity index (χ4n) is 2.09. The smallest absolute Gasteiger partial charge is 0.270 e. The quantitative estimate of drug-likeness (QED) is 0.672. The van der Waals surface area contributed by atoms with Crippen LogP contribution in [-0.4, -0.2) is 21.4 Å². The number of benzene rings is 1. The topological polar surface area (TPSA) is 77.2 Å². The van der Waals surface area contributed by atoms with Crippen LogP contribution in [0, 0.1) is 10.1 Å². The van der Waals surface area contributed by atoms with Crippen molar-refractivity contribution in [2.75, 3.05) is 0 Å². The van der Waals surface area contributed by atoms with Crippen molar-refractivity contribution < 1.29 is 9.72 Å². The molecule has 0 saturated heterocycles. The molecule has 2 aromatic rings. The molecular formula is C13H13N3O3. The Balaban J connectivity index is 1.83. The van der Waals surface area contributed by atoms with Crippen LogP contribution >= 0.6 is 0 Å². The fraction of sp³-hybridized carbons (Fsp3) is 0.308. The minimum atomic E-state index is -0.420. The van der Waals surface area contributed by atoms with E-state index in [0.29, 0.717) is 6.04 Å². The minimum Gasteiger partial charge on any atom is -0.352 e. The molecule has 6 nitrogen and oxygen atoms in total. The third-order valence-electron chi connectivity index (χ3n) is 3.22. The number of hydrogen-bond acceptors (Lipinski definition) is 3. The molecular weight excluding hydrogens is 246 g/mol. The highest BCUT2D eigenvalue weighted by Gasteiger charge is 2.23. The molecule has 0 atom stereocenters. The van der Waals surface area contributed by atoms with E-state index in [1.165, 1.54) is 12.1 Å². The molecule has 0 spiro atoms. The Labute approximate surface area is 109 Å². The van der Waals surface area contributed by atoms with Gasteiger partial charge in [-0.05, 0) is 25.0 Å². The van der Waals surface area contributed by atoms with Gasteiger partial charge < -0.3 is 9.88 Å². The van der Waals surface area contributed by atoms with Gasteiger partial charge in [0.15, 0.2) is 0 Å². The Bertz CT molecular complexity index is 658. The maximum Gasteiger partial charge on any atom is 0.270 e. The second kappa shape index (κ2) is 4.38. The van der Waals surface area contributed by atoms with Crippen molar-refractivity contribution in [1.29, 1.82) is 0 Å². The summed E-state index contributed by atoms with van der Waals surface area (Å²) in [5.41, 5.74) is 0.893. The summed E-state index contributed by atoms with van der Waals surface area (Å²) in [5, 5.41) is 14.4. The highest BCUT2D eigenvalue weighted by Crippen LogP contribution is 2.22. The van der Waals surface area contributed by atoms with Crippen molar-refractivity contribution in [1.82, 2.24) is 9.88 Å². The zero-order valence-corrected chi connectivity index (χ0v) is 10.2. The number of nitro groups is 1. The Kier molecular flexibility index (Phi) is 2.70. The number of rotatable bonds is 4. The number of carbonyl (C=O) groups is 1. The van der Waals surface area contributed by atoms with Crippen molar-refractivity contribution in [2.24, 2.45) is 0 Å². The largest absolute Gasteiger partial charge is 0.352 e. The maximum absolute atomic E-state index is 11.7. The Morgan fingerprint density at radius 1 is 1.42 bits per heavy atom. The van der Waals surface area contributed by atoms with Gasteiger partial charge in [-0.15, -0.1) is 0 Å². The summed E-state index contributed by atoms with van der Waals surface area (Å²) in [6.45, 7) is 0.248. The van der Waals surface area contributed by atoms with E-state index in [9.17, 15) is 14.9 Å². The SMILES string of the molecule is O=C(Cn1ccc2cc([N+](=O)[O-])ccc21)NC1CC1. The van der Waals surface area contributed by atoms with Gasteiger partial charge >= 0.3 is 0 Å². The molecule has 1 aliphatic rings. The van der Waals surface area contributed by atoms with E-state index in [1.54, 1.807) is 22.9 Å². The summed E-state index contributed by atoms with van der Waals surface area (Å²) in [4.78, 5) is 22.0. The average molecular weight is 259 g/mol. The molecule has 0 unspecified atom stereocenters. The lowest BCUT2D eigenvalue weighted by molar-refractivity contribution is -0.384. The van der Waals surface area contributed by atoms with Crippen LogP contribution in [0.25, 0.3) is 10.9 Å². The molecule has 1 amide bonds. The first kappa shape index (κ1) is 11.7. The molecule has 0 bridgehead atoms. The average Bonchev–Trinajstić information content (AvgIpc) is 3.09. The predicted octanol–water partition coefficient (Wildman–Crippen LogP) is 1.83. The molecule has 3 rings (SSSR count). The fourth-order valence-corrected chi connectivity index (χ4v) is 2.09. The summed E-state index contributed by atoms with van der Waals surface area (Å²) in [6, 6.07) is 6.78. The van der Waals surface area contributed by atoms with E-state index in [2.05, 4.69) is 5.32 Å². The number of nitrogens with zero attached hydrogens (tertiary/aromatic N) is 2. The highest BCUT2D eigenvalue weighted by molar-refractivity contribution is 5.85. The minimum absolute atomic E-state index is 0.0154. The van der Waals surface area contributed by atoms with Gasteiger partial charge in [-0.25, -0.2) is 0 Å². The zero-order valence-electron chi connectivity index (χ0n) is 10.2. The first-order chi connectivity index (χ1) is 9.13. The normalized spacial score (nSPS) is 14.5. The third kappa shape index (κ3) is 2.42. The number of fused-ring (bicyclic) bond motifs is 1. The second-order valence-corrected chi connectivity index (χ2v) is 4.79. The number of nitro benzene ring substituents is 1. The lowest BCUT2D eigenvalue weighted by Gasteiger charge is -2.06. The molecule has 6 heteroatoms. The van der Waals surface area contributed by atoms with Crippen LogP contribution in [0.15, 0.2) is 30.5 Å². The van der Waals surface area contributed by atoms with Crippen LogP contribution < -0.4 is 5.32 Å². The van der Waals surface area contributed by atoms with Crippen LogP contribution in [0.3, 0.4) is 0 Å². The van der Waals surface area contributed by atoms with Gasteiger partial charge in [-0.1, -0.05) is 0 Å². The van der Waals surface area contributed by atoms with Crippen LogP contribution in [0.5, 0.6) is 0 Å². The Morgan fingerprint density at radius 3 is 2.89 bits per heavy atom. The molecule has 1 heterocycles. The van der Waals surface area contributed by atoms with E-state index >= 15 is 0 Å². The molecule has 0 aliphatic heterocycles. The van der Waals surface area contributed by atoms with Crippen molar-refractivity contribution in [3.8, 4) is 0 Å². The van der Waals surface area contributed by atoms with E-state index in [1.807, 2.05) is 0 Å². The summed E-state index contributed by atoms with van der Waals surface area (Å²) >= 11 is 0. The first-order valence-corrected chi connectivity index (χ1v) is 6.16. The van der Waals surface area contributed by atoms with E-state index in [-0.39, 0.29) is 18.1 Å². The molecule has 0 radical (unpaired) electrons. The molecule has 1 aromatic heterocycles. The molecule has 1 saturated carbocycles. The predicted molar refractivity (Wildman–Crippen MR) is 69.8 cm³/mol. The lowest BCUT2D eigenvalue weighted by atomic mass is 10.2. The standard InChI is InChI=1S/C13H13N3O3/c17-13(14-10-1-2-10)8-15-6-5-9-7-11(16(18)19)3-4-12(9)15/h3-7,10H,1-2,8H2,(H,14,17). The van der Waals surface area contributed by atoms with Crippen molar-refractivity contribution >= 4 is 22.5 Å². The number of nitrogens with one attached hydrogen (secondary N) is 1. The third-order valence-corrected chi connectivity index (χ3v) is 3.22. The van der Waals surface area contributed by atoms with Crippen molar-refractivity contribution in [3.63, 3.8) is 0 Å². The summed E-state index contributed by atoms with van der Waals surface area (Å²) < 4.78 is 1.80. The maximum atomic E-state index is 11.7. The van der Waals surface area contributed by atoms with Gasteiger partial charge in [0, 0.05) is 35.3 Å². The molecule has 19 heavy (non-hydrogen) atoms. The molecule has 1 fully saturated rings. The number of hydrogen-bond donors (Lipinski definition) is 1. The second-order valence-electron chi connectivity index (χ2n) is 4.79. The van der Waals surface area contributed by atoms with Gasteiger partial charge in [0.2, 0.25) is 5.91 Å². The van der Waals surface area contributed by atoms with Crippen molar-refractivity contribution in [2.45, 2.75) is 25.4 Å². The van der Waals surface area contributed by atoms with Crippen LogP contribution in [0.2, 0.25) is 0 Å². The number of carbonyl (C=O) groups excluding carboxylic acids is 1. The number of non-ortho nitro benzene ring substituents is 1. The number of amides is 1. The summed E-state index contributed by atoms with van der Waals surface area (Å²) in [6.07, 6.45) is 3.90. The summed E-state index contributed by atoms with van der Waals surface area (Å²) in [7, 11) is 0. The van der Waals surface area contributed by atoms with E-state index < -0.39 is 4.92 Å². The van der Waals surface area contributed by atoms with Crippen LogP contribution in [0.1, 0.15) is 12.8 Å². The Morgan fingerprint density at radius 2 is 2.21 bits per heavy atom. The van der Waals surface area contributed by atoms with E-state index in [4.69, 9.17) is 0 Å². The molecule has 1 aromatic carbocycles. The molecule has 98 valence electrons. The van der Waals surface area contributed by atoms with E-state index in [0.717, 1.165) is 23.7 Å². The molecule has 1 N–H and O–H groups in total. The zero-order chi connectivity index (χ0) is 13.4. The van der Waals surface area contributed by atoms with Crippen LogP contribution in [0.4, 0.5) is 5.69 Å². The van der Waals surface area contributed by atoms with Gasteiger partial charge in [0.1, 0.15) is 6.54 Å². The van der Waals surface area contributed by atoms with Crippen molar-refractivity contribution in [3.05, 3.63) is 40.6 Å². The highest BCUT2D eigenvalue weighted by atomic mass is 16.6. The molecule has 1 aliphatic carbocycles. The monoisotopic (exact) mass is 259 g/mol. The van der Waals surface area contributed by atoms with Gasteiger partial charge in [-0.2, -0.15) is 0 Å². The van der Waals surface area contributed by atoms with Gasteiger partial charge in [0.25, 0.3) is 5.69 Å². The first-order valence-electron chi connectivity index (χ1n) is 6.16. The lowest BCUT2D eigenvalue weighted by Crippen LogP contribution is -2.28. The summed E-state index contributed by atoms with van der Waals surface area (Å²) in [5.74, 6) is -0.0154. The van der Waals surface area contributed by atoms with Crippen LogP contribution in [-0.2, 0) is 11.3 Å².